The molecule has 0 N–H and O–H groups in total. The minimum atomic E-state index is -2.80. The average Bonchev–Trinajstić information content (AvgIpc) is 2.22. The van der Waals surface area contributed by atoms with Crippen molar-refractivity contribution in [3.05, 3.63) is 13.2 Å². The molecule has 0 aromatic heterocycles. The molecule has 0 aromatic carbocycles. The van der Waals surface area contributed by atoms with Gasteiger partial charge in [-0.2, -0.15) is 0 Å². The fraction of sp³-hybridized carbons (Fsp3) is 0.800. The van der Waals surface area contributed by atoms with Crippen molar-refractivity contribution in [1.29, 1.82) is 0 Å². The highest BCUT2D eigenvalue weighted by Crippen LogP contribution is 2.11. The van der Waals surface area contributed by atoms with Crippen molar-refractivity contribution >= 4 is 9.05 Å². The lowest BCUT2D eigenvalue weighted by molar-refractivity contribution is -0.0247. The van der Waals surface area contributed by atoms with Crippen LogP contribution in [-0.2, 0) is 17.7 Å². The maximum atomic E-state index is 5.42. The third-order valence-electron chi connectivity index (χ3n) is 1.28. The number of hydrogen-bond donors (Lipinski definition) is 0. The van der Waals surface area contributed by atoms with E-state index in [1.54, 1.807) is 0 Å². The Morgan fingerprint density at radius 1 is 0.667 bits per heavy atom. The lowest BCUT2D eigenvalue weighted by atomic mass is 10.9. The highest BCUT2D eigenvalue weighted by Gasteiger charge is 2.44. The Morgan fingerprint density at radius 2 is 0.867 bits per heavy atom. The minimum Gasteiger partial charge on any atom is -0.351 e. The smallest absolute Gasteiger partial charge is 0.351 e. The summed E-state index contributed by atoms with van der Waals surface area (Å²) in [5, 5.41) is 0. The first-order valence-electron chi connectivity index (χ1n) is 5.30. The SMILES string of the molecule is C=C.CCO[Si](OCC)(OCC)OCC. The Labute approximate surface area is 94.7 Å². The summed E-state index contributed by atoms with van der Waals surface area (Å²) in [6.07, 6.45) is 0. The van der Waals surface area contributed by atoms with Gasteiger partial charge in [-0.15, -0.1) is 13.2 Å². The van der Waals surface area contributed by atoms with Gasteiger partial charge < -0.3 is 17.7 Å². The largest absolute Gasteiger partial charge is 0.679 e. The van der Waals surface area contributed by atoms with Crippen LogP contribution in [0.3, 0.4) is 0 Å². The van der Waals surface area contributed by atoms with Crippen LogP contribution in [0.4, 0.5) is 0 Å². The van der Waals surface area contributed by atoms with E-state index in [0.717, 1.165) is 0 Å². The topological polar surface area (TPSA) is 36.9 Å². The van der Waals surface area contributed by atoms with Crippen LogP contribution in [0.25, 0.3) is 0 Å². The predicted molar refractivity (Wildman–Crippen MR) is 63.5 cm³/mol. The summed E-state index contributed by atoms with van der Waals surface area (Å²) in [6.45, 7) is 15.8. The average molecular weight is 236 g/mol. The molecule has 0 spiro atoms. The molecule has 0 heterocycles. The Bertz CT molecular complexity index is 103. The second-order valence-electron chi connectivity index (χ2n) is 2.23. The van der Waals surface area contributed by atoms with Crippen LogP contribution in [0.1, 0.15) is 27.7 Å². The van der Waals surface area contributed by atoms with Crippen LogP contribution in [0.15, 0.2) is 13.2 Å². The van der Waals surface area contributed by atoms with Gasteiger partial charge in [-0.05, 0) is 27.7 Å². The Kier molecular flexibility index (Phi) is 13.6. The minimum absolute atomic E-state index is 0.548. The summed E-state index contributed by atoms with van der Waals surface area (Å²) in [7, 11) is -2.80. The summed E-state index contributed by atoms with van der Waals surface area (Å²) in [6, 6.07) is 0. The highest BCUT2D eigenvalue weighted by molar-refractivity contribution is 6.53. The van der Waals surface area contributed by atoms with Crippen molar-refractivity contribution in [2.45, 2.75) is 27.7 Å². The van der Waals surface area contributed by atoms with E-state index < -0.39 is 9.05 Å². The summed E-state index contributed by atoms with van der Waals surface area (Å²) < 4.78 is 21.7. The van der Waals surface area contributed by atoms with Crippen molar-refractivity contribution < 1.29 is 17.7 Å². The van der Waals surface area contributed by atoms with Crippen molar-refractivity contribution in [3.8, 4) is 0 Å². The standard InChI is InChI=1S/C8H20O4Si.C2H4/c1-5-9-13(10-6-2,11-7-3)12-8-4;1-2/h5-8H2,1-4H3;1-2H2. The van der Waals surface area contributed by atoms with E-state index in [-0.39, 0.29) is 0 Å². The van der Waals surface area contributed by atoms with Crippen LogP contribution in [0.2, 0.25) is 0 Å². The summed E-state index contributed by atoms with van der Waals surface area (Å²) in [5.74, 6) is 0. The van der Waals surface area contributed by atoms with E-state index in [0.29, 0.717) is 26.4 Å². The molecule has 0 fully saturated rings. The number of hydrogen-bond acceptors (Lipinski definition) is 4. The molecule has 5 heteroatoms. The van der Waals surface area contributed by atoms with E-state index in [1.165, 1.54) is 0 Å². The van der Waals surface area contributed by atoms with Crippen LogP contribution in [0, 0.1) is 0 Å². The summed E-state index contributed by atoms with van der Waals surface area (Å²) in [4.78, 5) is 0. The molecule has 0 saturated heterocycles. The van der Waals surface area contributed by atoms with Gasteiger partial charge in [0.2, 0.25) is 0 Å². The van der Waals surface area contributed by atoms with Crippen molar-refractivity contribution in [1.82, 2.24) is 0 Å². The predicted octanol–water partition coefficient (Wildman–Crippen LogP) is 2.37. The quantitative estimate of drug-likeness (QED) is 0.479. The maximum Gasteiger partial charge on any atom is 0.679 e. The van der Waals surface area contributed by atoms with E-state index in [9.17, 15) is 0 Å². The molecule has 92 valence electrons. The lowest BCUT2D eigenvalue weighted by Gasteiger charge is -2.26. The molecule has 0 atom stereocenters. The molecule has 0 saturated carbocycles. The van der Waals surface area contributed by atoms with Crippen LogP contribution in [-0.4, -0.2) is 35.5 Å². The van der Waals surface area contributed by atoms with Crippen molar-refractivity contribution in [3.63, 3.8) is 0 Å². The van der Waals surface area contributed by atoms with Crippen molar-refractivity contribution in [2.24, 2.45) is 0 Å². The Morgan fingerprint density at radius 3 is 1.00 bits per heavy atom. The van der Waals surface area contributed by atoms with Gasteiger partial charge in [-0.25, -0.2) is 0 Å². The normalized spacial score (nSPS) is 10.7. The first-order valence-corrected chi connectivity index (χ1v) is 6.93. The van der Waals surface area contributed by atoms with Gasteiger partial charge in [0.25, 0.3) is 0 Å². The van der Waals surface area contributed by atoms with E-state index in [2.05, 4.69) is 13.2 Å². The Hall–Kier alpha value is -0.203. The van der Waals surface area contributed by atoms with Gasteiger partial charge in [-0.1, -0.05) is 0 Å². The first kappa shape index (κ1) is 17.2. The molecule has 0 unspecified atom stereocenters. The summed E-state index contributed by atoms with van der Waals surface area (Å²) in [5.41, 5.74) is 0. The van der Waals surface area contributed by atoms with Crippen LogP contribution >= 0.6 is 0 Å². The van der Waals surface area contributed by atoms with Gasteiger partial charge in [0.1, 0.15) is 0 Å². The third-order valence-corrected chi connectivity index (χ3v) is 3.85. The monoisotopic (exact) mass is 236 g/mol. The molecule has 15 heavy (non-hydrogen) atoms. The van der Waals surface area contributed by atoms with Crippen LogP contribution < -0.4 is 0 Å². The zero-order valence-corrected chi connectivity index (χ0v) is 11.4. The molecule has 0 aliphatic carbocycles. The van der Waals surface area contributed by atoms with Crippen molar-refractivity contribution in [2.75, 3.05) is 26.4 Å². The highest BCUT2D eigenvalue weighted by atomic mass is 28.4. The third kappa shape index (κ3) is 7.69. The zero-order chi connectivity index (χ0) is 12.2. The van der Waals surface area contributed by atoms with Gasteiger partial charge in [-0.3, -0.25) is 0 Å². The molecule has 0 rings (SSSR count). The maximum absolute atomic E-state index is 5.42. The molecule has 0 radical (unpaired) electrons. The van der Waals surface area contributed by atoms with Crippen LogP contribution in [0.5, 0.6) is 0 Å². The Balaban J connectivity index is 0. The second kappa shape index (κ2) is 11.9. The fourth-order valence-corrected chi connectivity index (χ4v) is 2.87. The van der Waals surface area contributed by atoms with E-state index in [4.69, 9.17) is 17.7 Å². The molecular formula is C10H24O4Si. The molecule has 0 aliphatic heterocycles. The first-order chi connectivity index (χ1) is 7.24. The molecule has 0 aliphatic rings. The molecule has 0 aromatic rings. The second-order valence-corrected chi connectivity index (χ2v) is 4.39. The van der Waals surface area contributed by atoms with E-state index >= 15 is 0 Å². The lowest BCUT2D eigenvalue weighted by Crippen LogP contribution is -2.49. The van der Waals surface area contributed by atoms with Gasteiger partial charge >= 0.3 is 9.05 Å². The number of rotatable bonds is 8. The van der Waals surface area contributed by atoms with Gasteiger partial charge in [0.05, 0.1) is 0 Å². The fourth-order valence-electron chi connectivity index (χ4n) is 0.957. The zero-order valence-electron chi connectivity index (χ0n) is 10.4. The van der Waals surface area contributed by atoms with Gasteiger partial charge in [0.15, 0.2) is 0 Å². The molecule has 0 bridgehead atoms. The molecule has 0 amide bonds. The van der Waals surface area contributed by atoms with Gasteiger partial charge in [0, 0.05) is 26.4 Å². The molecular weight excluding hydrogens is 212 g/mol. The summed E-state index contributed by atoms with van der Waals surface area (Å²) >= 11 is 0. The van der Waals surface area contributed by atoms with E-state index in [1.807, 2.05) is 27.7 Å². The molecule has 4 nitrogen and oxygen atoms in total.